The average Bonchev–Trinajstić information content (AvgIpc) is 2.95. The van der Waals surface area contributed by atoms with Gasteiger partial charge in [0.1, 0.15) is 5.75 Å². The lowest BCUT2D eigenvalue weighted by atomic mass is 9.92. The summed E-state index contributed by atoms with van der Waals surface area (Å²) in [5.41, 5.74) is 7.05. The Kier molecular flexibility index (Phi) is 6.74. The minimum atomic E-state index is -0.426. The van der Waals surface area contributed by atoms with Crippen LogP contribution in [0.1, 0.15) is 64.9 Å². The van der Waals surface area contributed by atoms with Crippen molar-refractivity contribution in [3.05, 3.63) is 47.5 Å². The molecule has 1 heterocycles. The van der Waals surface area contributed by atoms with Crippen LogP contribution in [0, 0.1) is 0 Å². The van der Waals surface area contributed by atoms with E-state index in [2.05, 4.69) is 36.0 Å². The van der Waals surface area contributed by atoms with E-state index < -0.39 is 5.54 Å². The summed E-state index contributed by atoms with van der Waals surface area (Å²) in [6.07, 6.45) is 9.39. The predicted molar refractivity (Wildman–Crippen MR) is 116 cm³/mol. The van der Waals surface area contributed by atoms with Crippen LogP contribution < -0.4 is 15.6 Å². The number of fused-ring (bicyclic) bond motifs is 1. The zero-order valence-corrected chi connectivity index (χ0v) is 17.3. The van der Waals surface area contributed by atoms with Gasteiger partial charge in [-0.05, 0) is 43.2 Å². The molecule has 1 aliphatic rings. The summed E-state index contributed by atoms with van der Waals surface area (Å²) in [5.74, 6) is 0.759. The normalized spacial score (nSPS) is 17.2. The van der Waals surface area contributed by atoms with Crippen molar-refractivity contribution in [2.75, 3.05) is 6.61 Å². The number of unbranched alkanes of at least 4 members (excludes halogenated alkanes) is 5. The molecule has 1 fully saturated rings. The van der Waals surface area contributed by atoms with Crippen molar-refractivity contribution in [2.45, 2.75) is 64.8 Å². The first-order valence-corrected chi connectivity index (χ1v) is 10.5. The highest BCUT2D eigenvalue weighted by molar-refractivity contribution is 6.05. The van der Waals surface area contributed by atoms with Crippen molar-refractivity contribution < 1.29 is 9.53 Å². The molecule has 3 rings (SSSR count). The van der Waals surface area contributed by atoms with Gasteiger partial charge in [-0.3, -0.25) is 10.2 Å². The van der Waals surface area contributed by atoms with Gasteiger partial charge in [0.25, 0.3) is 5.91 Å². The molecule has 1 saturated heterocycles. The van der Waals surface area contributed by atoms with Crippen molar-refractivity contribution in [3.63, 3.8) is 0 Å². The Balaban J connectivity index is 1.83. The van der Waals surface area contributed by atoms with Crippen LogP contribution in [0.4, 0.5) is 0 Å². The number of rotatable bonds is 9. The van der Waals surface area contributed by atoms with Crippen molar-refractivity contribution in [3.8, 4) is 5.75 Å². The van der Waals surface area contributed by atoms with Gasteiger partial charge >= 0.3 is 0 Å². The molecule has 0 bridgehead atoms. The Labute approximate surface area is 168 Å². The molecule has 0 unspecified atom stereocenters. The number of amides is 1. The molecule has 2 aromatic rings. The lowest BCUT2D eigenvalue weighted by molar-refractivity contribution is -0.116. The van der Waals surface area contributed by atoms with Crippen LogP contribution in [-0.2, 0) is 4.79 Å². The van der Waals surface area contributed by atoms with E-state index in [1.54, 1.807) is 0 Å². The molecule has 2 N–H and O–H groups in total. The Morgan fingerprint density at radius 3 is 2.50 bits per heavy atom. The molecule has 4 heteroatoms. The zero-order valence-electron chi connectivity index (χ0n) is 17.3. The number of hydrogen-bond acceptors (Lipinski definition) is 3. The fraction of sp³-hybridized carbons (Fsp3) is 0.458. The van der Waals surface area contributed by atoms with Crippen LogP contribution >= 0.6 is 0 Å². The van der Waals surface area contributed by atoms with Crippen molar-refractivity contribution in [1.29, 1.82) is 0 Å². The summed E-state index contributed by atoms with van der Waals surface area (Å²) in [6.45, 7) is 6.94. The molecule has 0 aromatic heterocycles. The molecule has 2 aromatic carbocycles. The van der Waals surface area contributed by atoms with Crippen LogP contribution in [0.15, 0.2) is 42.0 Å². The van der Waals surface area contributed by atoms with E-state index in [9.17, 15) is 4.79 Å². The van der Waals surface area contributed by atoms with Gasteiger partial charge in [-0.2, -0.15) is 0 Å². The molecule has 28 heavy (non-hydrogen) atoms. The van der Waals surface area contributed by atoms with E-state index in [1.165, 1.54) is 32.1 Å². The van der Waals surface area contributed by atoms with Crippen molar-refractivity contribution >= 4 is 22.8 Å². The SMILES string of the molecule is CCCCCCCCOc1ccc2ccccc2c1/C=C1\C(=O)NNC1(C)C. The largest absolute Gasteiger partial charge is 0.493 e. The Morgan fingerprint density at radius 2 is 1.75 bits per heavy atom. The minimum absolute atomic E-state index is 0.0835. The highest BCUT2D eigenvalue weighted by atomic mass is 16.5. The number of nitrogens with one attached hydrogen (secondary N) is 2. The number of carbonyl (C=O) groups excluding carboxylic acids is 1. The second kappa shape index (κ2) is 9.24. The van der Waals surface area contributed by atoms with Crippen LogP contribution in [0.5, 0.6) is 5.75 Å². The Hall–Kier alpha value is -2.33. The molecule has 1 aliphatic heterocycles. The maximum Gasteiger partial charge on any atom is 0.263 e. The number of hydrazine groups is 1. The van der Waals surface area contributed by atoms with Gasteiger partial charge in [-0.1, -0.05) is 69.4 Å². The molecular weight excluding hydrogens is 348 g/mol. The highest BCUT2D eigenvalue weighted by Gasteiger charge is 2.35. The van der Waals surface area contributed by atoms with E-state index in [0.717, 1.165) is 28.5 Å². The maximum atomic E-state index is 12.3. The molecule has 150 valence electrons. The number of benzene rings is 2. The molecule has 0 saturated carbocycles. The van der Waals surface area contributed by atoms with Gasteiger partial charge in [0, 0.05) is 11.1 Å². The maximum absolute atomic E-state index is 12.3. The van der Waals surface area contributed by atoms with Gasteiger partial charge in [0.05, 0.1) is 12.1 Å². The quantitative estimate of drug-likeness (QED) is 0.454. The number of carbonyl (C=O) groups is 1. The van der Waals surface area contributed by atoms with E-state index in [-0.39, 0.29) is 5.91 Å². The van der Waals surface area contributed by atoms with E-state index in [1.807, 2.05) is 38.1 Å². The minimum Gasteiger partial charge on any atom is -0.493 e. The predicted octanol–water partition coefficient (Wildman–Crippen LogP) is 5.38. The smallest absolute Gasteiger partial charge is 0.263 e. The summed E-state index contributed by atoms with van der Waals surface area (Å²) >= 11 is 0. The van der Waals surface area contributed by atoms with Crippen LogP contribution in [-0.4, -0.2) is 18.1 Å². The molecule has 4 nitrogen and oxygen atoms in total. The lowest BCUT2D eigenvalue weighted by Crippen LogP contribution is -2.38. The third-order valence-corrected chi connectivity index (χ3v) is 5.38. The van der Waals surface area contributed by atoms with Crippen LogP contribution in [0.25, 0.3) is 16.8 Å². The topological polar surface area (TPSA) is 50.4 Å². The zero-order chi connectivity index (χ0) is 20.0. The molecule has 0 atom stereocenters. The van der Waals surface area contributed by atoms with Crippen LogP contribution in [0.2, 0.25) is 0 Å². The summed E-state index contributed by atoms with van der Waals surface area (Å²) < 4.78 is 6.17. The van der Waals surface area contributed by atoms with Gasteiger partial charge in [-0.15, -0.1) is 0 Å². The Bertz CT molecular complexity index is 855. The third kappa shape index (κ3) is 4.74. The van der Waals surface area contributed by atoms with Crippen molar-refractivity contribution in [2.24, 2.45) is 0 Å². The van der Waals surface area contributed by atoms with Gasteiger partial charge in [0.2, 0.25) is 0 Å². The summed E-state index contributed by atoms with van der Waals surface area (Å²) in [5, 5.41) is 2.25. The first-order chi connectivity index (χ1) is 13.5. The molecule has 0 spiro atoms. The molecule has 0 radical (unpaired) electrons. The fourth-order valence-electron chi connectivity index (χ4n) is 3.64. The average molecular weight is 381 g/mol. The second-order valence-corrected chi connectivity index (χ2v) is 8.08. The summed E-state index contributed by atoms with van der Waals surface area (Å²) in [6, 6.07) is 12.4. The van der Waals surface area contributed by atoms with Gasteiger partial charge < -0.3 is 4.74 Å². The first-order valence-electron chi connectivity index (χ1n) is 10.5. The van der Waals surface area contributed by atoms with E-state index in [0.29, 0.717) is 12.2 Å². The van der Waals surface area contributed by atoms with E-state index in [4.69, 9.17) is 4.74 Å². The van der Waals surface area contributed by atoms with Gasteiger partial charge in [-0.25, -0.2) is 5.43 Å². The molecular formula is C24H32N2O2. The second-order valence-electron chi connectivity index (χ2n) is 8.08. The summed E-state index contributed by atoms with van der Waals surface area (Å²) in [7, 11) is 0. The lowest BCUT2D eigenvalue weighted by Gasteiger charge is -2.18. The standard InChI is InChI=1S/C24H32N2O2/c1-4-5-6-7-8-11-16-28-22-15-14-18-12-9-10-13-19(18)20(22)17-21-23(27)25-26-24(21,2)3/h9-10,12-15,17,26H,4-8,11,16H2,1-3H3,(H,25,27)/b21-17+. The fourth-order valence-corrected chi connectivity index (χ4v) is 3.64. The van der Waals surface area contributed by atoms with Crippen molar-refractivity contribution in [1.82, 2.24) is 10.9 Å². The van der Waals surface area contributed by atoms with Crippen LogP contribution in [0.3, 0.4) is 0 Å². The van der Waals surface area contributed by atoms with Gasteiger partial charge in [0.15, 0.2) is 0 Å². The third-order valence-electron chi connectivity index (χ3n) is 5.38. The monoisotopic (exact) mass is 380 g/mol. The molecule has 0 aliphatic carbocycles. The highest BCUT2D eigenvalue weighted by Crippen LogP contribution is 2.33. The summed E-state index contributed by atoms with van der Waals surface area (Å²) in [4.78, 5) is 12.3. The van der Waals surface area contributed by atoms with E-state index >= 15 is 0 Å². The Morgan fingerprint density at radius 1 is 1.00 bits per heavy atom. The molecule has 1 amide bonds. The number of hydrogen-bond donors (Lipinski definition) is 2. The number of ether oxygens (including phenoxy) is 1. The first kappa shape index (κ1) is 20.4.